The lowest BCUT2D eigenvalue weighted by Crippen LogP contribution is -2.27. The zero-order valence-electron chi connectivity index (χ0n) is 11.1. The Hall–Kier alpha value is -1.70. The van der Waals surface area contributed by atoms with Gasteiger partial charge in [0.1, 0.15) is 16.5 Å². The Bertz CT molecular complexity index is 768. The molecule has 1 aromatic heterocycles. The number of hydrogen-bond donors (Lipinski definition) is 1. The summed E-state index contributed by atoms with van der Waals surface area (Å²) in [6.07, 6.45) is 1.12. The molecule has 0 spiro atoms. The topological polar surface area (TPSA) is 76.3 Å². The van der Waals surface area contributed by atoms with E-state index in [0.29, 0.717) is 0 Å². The number of anilines is 1. The van der Waals surface area contributed by atoms with Gasteiger partial charge < -0.3 is 5.73 Å². The van der Waals surface area contributed by atoms with Crippen molar-refractivity contribution in [3.8, 4) is 0 Å². The molecule has 5 nitrogen and oxygen atoms in total. The molecule has 0 atom stereocenters. The SMILES string of the molecule is CN(Cc1ccccc1F)S(=O)(=O)c1cnc(N)c(Cl)c1. The summed E-state index contributed by atoms with van der Waals surface area (Å²) in [5.74, 6) is -0.416. The van der Waals surface area contributed by atoms with Gasteiger partial charge in [-0.05, 0) is 12.1 Å². The summed E-state index contributed by atoms with van der Waals surface area (Å²) in [4.78, 5) is 3.62. The number of nitrogen functional groups attached to an aromatic ring is 1. The van der Waals surface area contributed by atoms with Gasteiger partial charge in [0.2, 0.25) is 10.0 Å². The van der Waals surface area contributed by atoms with Crippen LogP contribution in [0.15, 0.2) is 41.4 Å². The fraction of sp³-hybridized carbons (Fsp3) is 0.154. The highest BCUT2D eigenvalue weighted by atomic mass is 35.5. The molecule has 0 bridgehead atoms. The monoisotopic (exact) mass is 329 g/mol. The van der Waals surface area contributed by atoms with Crippen molar-refractivity contribution in [2.75, 3.05) is 12.8 Å². The first kappa shape index (κ1) is 15.7. The predicted octanol–water partition coefficient (Wildman–Crippen LogP) is 2.28. The van der Waals surface area contributed by atoms with Crippen LogP contribution in [-0.4, -0.2) is 24.8 Å². The van der Waals surface area contributed by atoms with Crippen LogP contribution in [0.25, 0.3) is 0 Å². The lowest BCUT2D eigenvalue weighted by molar-refractivity contribution is 0.456. The Morgan fingerprint density at radius 2 is 2.05 bits per heavy atom. The number of benzene rings is 1. The maximum absolute atomic E-state index is 13.6. The molecule has 8 heteroatoms. The molecule has 0 fully saturated rings. The summed E-state index contributed by atoms with van der Waals surface area (Å²) < 4.78 is 39.4. The molecule has 2 aromatic rings. The van der Waals surface area contributed by atoms with Gasteiger partial charge in [-0.1, -0.05) is 29.8 Å². The fourth-order valence-corrected chi connectivity index (χ4v) is 3.06. The molecule has 0 radical (unpaired) electrons. The van der Waals surface area contributed by atoms with Crippen molar-refractivity contribution in [3.05, 3.63) is 52.9 Å². The summed E-state index contributed by atoms with van der Waals surface area (Å²) in [5.41, 5.74) is 5.73. The second-order valence-corrected chi connectivity index (χ2v) is 6.84. The average molecular weight is 330 g/mol. The molecule has 21 heavy (non-hydrogen) atoms. The van der Waals surface area contributed by atoms with Gasteiger partial charge in [0.05, 0.1) is 5.02 Å². The van der Waals surface area contributed by atoms with E-state index in [9.17, 15) is 12.8 Å². The molecule has 0 saturated heterocycles. The number of nitrogens with zero attached hydrogens (tertiary/aromatic N) is 2. The minimum atomic E-state index is -3.83. The van der Waals surface area contributed by atoms with Gasteiger partial charge in [0.15, 0.2) is 0 Å². The maximum atomic E-state index is 13.6. The summed E-state index contributed by atoms with van der Waals surface area (Å²) >= 11 is 5.78. The third kappa shape index (κ3) is 3.31. The minimum absolute atomic E-state index is 0.0485. The molecule has 1 aromatic carbocycles. The van der Waals surface area contributed by atoms with Crippen molar-refractivity contribution in [1.29, 1.82) is 0 Å². The molecule has 0 unspecified atom stereocenters. The largest absolute Gasteiger partial charge is 0.382 e. The quantitative estimate of drug-likeness (QED) is 0.933. The second-order valence-electron chi connectivity index (χ2n) is 4.39. The molecule has 2 N–H and O–H groups in total. The molecule has 0 aliphatic rings. The van der Waals surface area contributed by atoms with Crippen molar-refractivity contribution in [1.82, 2.24) is 9.29 Å². The fourth-order valence-electron chi connectivity index (χ4n) is 1.70. The van der Waals surface area contributed by atoms with Gasteiger partial charge in [0.25, 0.3) is 0 Å². The lowest BCUT2D eigenvalue weighted by Gasteiger charge is -2.17. The summed E-state index contributed by atoms with van der Waals surface area (Å²) in [7, 11) is -2.48. The molecule has 1 heterocycles. The first-order chi connectivity index (χ1) is 9.82. The van der Waals surface area contributed by atoms with Gasteiger partial charge in [-0.2, -0.15) is 4.31 Å². The normalized spacial score (nSPS) is 11.8. The Morgan fingerprint density at radius 3 is 2.67 bits per heavy atom. The molecule has 0 saturated carbocycles. The van der Waals surface area contributed by atoms with E-state index >= 15 is 0 Å². The number of hydrogen-bond acceptors (Lipinski definition) is 4. The van der Waals surface area contributed by atoms with E-state index in [1.54, 1.807) is 6.07 Å². The van der Waals surface area contributed by atoms with Crippen LogP contribution in [0.3, 0.4) is 0 Å². The minimum Gasteiger partial charge on any atom is -0.382 e. The first-order valence-electron chi connectivity index (χ1n) is 5.93. The van der Waals surface area contributed by atoms with E-state index in [0.717, 1.165) is 10.5 Å². The highest BCUT2D eigenvalue weighted by Crippen LogP contribution is 2.23. The third-order valence-corrected chi connectivity index (χ3v) is 4.98. The van der Waals surface area contributed by atoms with Gasteiger partial charge in [-0.3, -0.25) is 0 Å². The molecule has 0 aliphatic heterocycles. The third-order valence-electron chi connectivity index (χ3n) is 2.90. The van der Waals surface area contributed by atoms with E-state index in [2.05, 4.69) is 4.98 Å². The smallest absolute Gasteiger partial charge is 0.244 e. The van der Waals surface area contributed by atoms with Crippen molar-refractivity contribution in [3.63, 3.8) is 0 Å². The number of nitrogens with two attached hydrogens (primary N) is 1. The van der Waals surface area contributed by atoms with Crippen LogP contribution < -0.4 is 5.73 Å². The summed E-state index contributed by atoms with van der Waals surface area (Å²) in [6.45, 7) is -0.100. The van der Waals surface area contributed by atoms with Crippen molar-refractivity contribution >= 4 is 27.4 Å². The van der Waals surface area contributed by atoms with Gasteiger partial charge in [-0.15, -0.1) is 0 Å². The number of aromatic nitrogens is 1. The lowest BCUT2D eigenvalue weighted by atomic mass is 10.2. The second kappa shape index (κ2) is 5.97. The maximum Gasteiger partial charge on any atom is 0.244 e. The Labute approximate surface area is 127 Å². The predicted molar refractivity (Wildman–Crippen MR) is 78.7 cm³/mol. The summed E-state index contributed by atoms with van der Waals surface area (Å²) in [5, 5.41) is 0.0513. The molecule has 112 valence electrons. The molecular formula is C13H13ClFN3O2S. The van der Waals surface area contributed by atoms with E-state index < -0.39 is 15.8 Å². The van der Waals surface area contributed by atoms with Crippen LogP contribution in [0.2, 0.25) is 5.02 Å². The zero-order chi connectivity index (χ0) is 15.6. The number of halogens is 2. The van der Waals surface area contributed by atoms with Crippen LogP contribution in [0.4, 0.5) is 10.2 Å². The number of pyridine rings is 1. The van der Waals surface area contributed by atoms with Crippen molar-refractivity contribution in [2.24, 2.45) is 0 Å². The molecule has 2 rings (SSSR count). The number of rotatable bonds is 4. The highest BCUT2D eigenvalue weighted by Gasteiger charge is 2.23. The van der Waals surface area contributed by atoms with Crippen LogP contribution in [0.1, 0.15) is 5.56 Å². The highest BCUT2D eigenvalue weighted by molar-refractivity contribution is 7.89. The van der Waals surface area contributed by atoms with E-state index in [1.165, 1.54) is 31.3 Å². The van der Waals surface area contributed by atoms with Gasteiger partial charge >= 0.3 is 0 Å². The molecule has 0 aliphatic carbocycles. The zero-order valence-corrected chi connectivity index (χ0v) is 12.7. The van der Waals surface area contributed by atoms with Crippen LogP contribution >= 0.6 is 11.6 Å². The van der Waals surface area contributed by atoms with Crippen LogP contribution in [0.5, 0.6) is 0 Å². The molecule has 0 amide bonds. The number of sulfonamides is 1. The molecular weight excluding hydrogens is 317 g/mol. The van der Waals surface area contributed by atoms with Gasteiger partial charge in [-0.25, -0.2) is 17.8 Å². The standard InChI is InChI=1S/C13H13ClFN3O2S/c1-18(8-9-4-2-3-5-12(9)15)21(19,20)10-6-11(14)13(16)17-7-10/h2-7H,8H2,1H3,(H2,16,17). The first-order valence-corrected chi connectivity index (χ1v) is 7.75. The average Bonchev–Trinajstić information content (AvgIpc) is 2.44. The van der Waals surface area contributed by atoms with Crippen molar-refractivity contribution in [2.45, 2.75) is 11.4 Å². The van der Waals surface area contributed by atoms with E-state index in [1.807, 2.05) is 0 Å². The van der Waals surface area contributed by atoms with Crippen molar-refractivity contribution < 1.29 is 12.8 Å². The Balaban J connectivity index is 2.30. The van der Waals surface area contributed by atoms with Crippen LogP contribution in [-0.2, 0) is 16.6 Å². The van der Waals surface area contributed by atoms with Crippen LogP contribution in [0, 0.1) is 5.82 Å². The van der Waals surface area contributed by atoms with E-state index in [-0.39, 0.29) is 27.8 Å². The summed E-state index contributed by atoms with van der Waals surface area (Å²) in [6, 6.07) is 7.20. The van der Waals surface area contributed by atoms with E-state index in [4.69, 9.17) is 17.3 Å². The Kier molecular flexibility index (Phi) is 4.46. The Morgan fingerprint density at radius 1 is 1.38 bits per heavy atom. The van der Waals surface area contributed by atoms with Gasteiger partial charge in [0, 0.05) is 25.4 Å².